The Morgan fingerprint density at radius 1 is 1.10 bits per heavy atom. The molecule has 0 bridgehead atoms. The molecule has 118 valence electrons. The van der Waals surface area contributed by atoms with Crippen LogP contribution in [0.2, 0.25) is 0 Å². The molecule has 3 atom stereocenters. The maximum atomic E-state index is 12.6. The van der Waals surface area contributed by atoms with Gasteiger partial charge in [-0.05, 0) is 37.0 Å². The highest BCUT2D eigenvalue weighted by Gasteiger charge is 2.45. The normalized spacial score (nSPS) is 34.1. The molecule has 1 amide bonds. The Morgan fingerprint density at radius 2 is 1.81 bits per heavy atom. The largest absolute Gasteiger partial charge is 0.481 e. The van der Waals surface area contributed by atoms with Crippen LogP contribution in [0.3, 0.4) is 0 Å². The van der Waals surface area contributed by atoms with Gasteiger partial charge in [-0.3, -0.25) is 9.59 Å². The molecule has 21 heavy (non-hydrogen) atoms. The number of nitrogens with zero attached hydrogens (tertiary/aromatic N) is 1. The first-order valence-electron chi connectivity index (χ1n) is 8.17. The molecule has 0 aromatic rings. The number of hydrogen-bond acceptors (Lipinski definition) is 3. The summed E-state index contributed by atoms with van der Waals surface area (Å²) in [6.07, 6.45) is 5.87. The first-order valence-corrected chi connectivity index (χ1v) is 8.17. The van der Waals surface area contributed by atoms with Crippen molar-refractivity contribution in [2.24, 2.45) is 17.3 Å². The molecule has 3 aliphatic rings. The number of aliphatic carboxylic acids is 1. The zero-order valence-electron chi connectivity index (χ0n) is 12.5. The standard InChI is InChI=1S/C16H25NO4/c18-13-4-3-11-9-17(10-12(11)13)14(19)7-16(8-15(20)21)5-1-2-6-16/h11-13,18H,1-10H2,(H,20,21). The van der Waals surface area contributed by atoms with E-state index in [9.17, 15) is 14.7 Å². The third kappa shape index (κ3) is 2.93. The molecule has 5 heteroatoms. The molecule has 0 aromatic carbocycles. The van der Waals surface area contributed by atoms with Crippen LogP contribution in [0.25, 0.3) is 0 Å². The van der Waals surface area contributed by atoms with E-state index in [0.717, 1.165) is 45.1 Å². The van der Waals surface area contributed by atoms with Gasteiger partial charge in [0.05, 0.1) is 12.5 Å². The minimum atomic E-state index is -0.793. The zero-order chi connectivity index (χ0) is 15.0. The van der Waals surface area contributed by atoms with Crippen LogP contribution in [0.5, 0.6) is 0 Å². The van der Waals surface area contributed by atoms with Crippen molar-refractivity contribution in [3.63, 3.8) is 0 Å². The monoisotopic (exact) mass is 295 g/mol. The molecular formula is C16H25NO4. The second-order valence-corrected chi connectivity index (χ2v) is 7.32. The molecule has 1 saturated heterocycles. The van der Waals surface area contributed by atoms with Gasteiger partial charge < -0.3 is 15.1 Å². The van der Waals surface area contributed by atoms with E-state index in [-0.39, 0.29) is 29.8 Å². The number of carboxylic acid groups (broad SMARTS) is 1. The number of carboxylic acids is 1. The van der Waals surface area contributed by atoms with Crippen molar-refractivity contribution >= 4 is 11.9 Å². The number of likely N-dealkylation sites (tertiary alicyclic amines) is 1. The van der Waals surface area contributed by atoms with E-state index in [4.69, 9.17) is 5.11 Å². The van der Waals surface area contributed by atoms with E-state index < -0.39 is 5.97 Å². The van der Waals surface area contributed by atoms with Crippen LogP contribution in [0, 0.1) is 17.3 Å². The quantitative estimate of drug-likeness (QED) is 0.826. The number of carbonyl (C=O) groups is 2. The van der Waals surface area contributed by atoms with Gasteiger partial charge in [-0.2, -0.15) is 0 Å². The van der Waals surface area contributed by atoms with Crippen LogP contribution in [-0.2, 0) is 9.59 Å². The molecule has 1 aliphatic heterocycles. The Kier molecular flexibility index (Phi) is 3.95. The maximum Gasteiger partial charge on any atom is 0.303 e. The summed E-state index contributed by atoms with van der Waals surface area (Å²) in [7, 11) is 0. The molecule has 1 heterocycles. The summed E-state index contributed by atoms with van der Waals surface area (Å²) >= 11 is 0. The number of hydrogen-bond donors (Lipinski definition) is 2. The van der Waals surface area contributed by atoms with Crippen molar-refractivity contribution in [3.8, 4) is 0 Å². The number of carbonyl (C=O) groups excluding carboxylic acids is 1. The van der Waals surface area contributed by atoms with E-state index in [0.29, 0.717) is 18.9 Å². The average Bonchev–Trinajstić information content (AvgIpc) is 3.07. The fourth-order valence-corrected chi connectivity index (χ4v) is 4.73. The van der Waals surface area contributed by atoms with Gasteiger partial charge >= 0.3 is 5.97 Å². The first kappa shape index (κ1) is 14.8. The van der Waals surface area contributed by atoms with Crippen molar-refractivity contribution in [1.29, 1.82) is 0 Å². The van der Waals surface area contributed by atoms with Crippen LogP contribution in [-0.4, -0.2) is 46.2 Å². The Bertz CT molecular complexity index is 430. The fraction of sp³-hybridized carbons (Fsp3) is 0.875. The molecule has 3 fully saturated rings. The Balaban J connectivity index is 1.62. The summed E-state index contributed by atoms with van der Waals surface area (Å²) in [6.45, 7) is 1.41. The summed E-state index contributed by atoms with van der Waals surface area (Å²) in [6, 6.07) is 0. The fourth-order valence-electron chi connectivity index (χ4n) is 4.73. The maximum absolute atomic E-state index is 12.6. The van der Waals surface area contributed by atoms with Gasteiger partial charge in [0, 0.05) is 25.4 Å². The summed E-state index contributed by atoms with van der Waals surface area (Å²) in [5.74, 6) is -0.00549. The second kappa shape index (κ2) is 5.59. The Morgan fingerprint density at radius 3 is 2.43 bits per heavy atom. The molecule has 3 rings (SSSR count). The van der Waals surface area contributed by atoms with Crippen LogP contribution < -0.4 is 0 Å². The lowest BCUT2D eigenvalue weighted by atomic mass is 9.79. The zero-order valence-corrected chi connectivity index (χ0v) is 12.5. The molecule has 2 N–H and O–H groups in total. The highest BCUT2D eigenvalue weighted by atomic mass is 16.4. The van der Waals surface area contributed by atoms with Gasteiger partial charge in [0.1, 0.15) is 0 Å². The van der Waals surface area contributed by atoms with Crippen LogP contribution in [0.4, 0.5) is 0 Å². The highest BCUT2D eigenvalue weighted by Crippen LogP contribution is 2.45. The van der Waals surface area contributed by atoms with Crippen molar-refractivity contribution in [1.82, 2.24) is 4.90 Å². The van der Waals surface area contributed by atoms with Crippen LogP contribution in [0.1, 0.15) is 51.4 Å². The third-order valence-electron chi connectivity index (χ3n) is 5.89. The minimum absolute atomic E-state index is 0.0970. The Labute approximate surface area is 125 Å². The van der Waals surface area contributed by atoms with Gasteiger partial charge in [0.15, 0.2) is 0 Å². The summed E-state index contributed by atoms with van der Waals surface area (Å²) < 4.78 is 0. The smallest absolute Gasteiger partial charge is 0.303 e. The number of aliphatic hydroxyl groups is 1. The molecule has 0 radical (unpaired) electrons. The van der Waals surface area contributed by atoms with Crippen molar-refractivity contribution in [2.75, 3.05) is 13.1 Å². The average molecular weight is 295 g/mol. The SMILES string of the molecule is O=C(O)CC1(CC(=O)N2CC3CCC(O)C3C2)CCCC1. The van der Waals surface area contributed by atoms with Crippen molar-refractivity contribution in [3.05, 3.63) is 0 Å². The van der Waals surface area contributed by atoms with Gasteiger partial charge in [0.2, 0.25) is 5.91 Å². The number of fused-ring (bicyclic) bond motifs is 1. The minimum Gasteiger partial charge on any atom is -0.481 e. The lowest BCUT2D eigenvalue weighted by molar-refractivity contribution is -0.141. The molecule has 0 aromatic heterocycles. The van der Waals surface area contributed by atoms with E-state index >= 15 is 0 Å². The summed E-state index contributed by atoms with van der Waals surface area (Å²) in [5.41, 5.74) is -0.320. The lowest BCUT2D eigenvalue weighted by Crippen LogP contribution is -2.35. The van der Waals surface area contributed by atoms with E-state index in [2.05, 4.69) is 0 Å². The molecule has 5 nitrogen and oxygen atoms in total. The molecular weight excluding hydrogens is 270 g/mol. The van der Waals surface area contributed by atoms with Crippen LogP contribution >= 0.6 is 0 Å². The van der Waals surface area contributed by atoms with Crippen molar-refractivity contribution < 1.29 is 19.8 Å². The van der Waals surface area contributed by atoms with Crippen LogP contribution in [0.15, 0.2) is 0 Å². The lowest BCUT2D eigenvalue weighted by Gasteiger charge is -2.29. The van der Waals surface area contributed by atoms with E-state index in [1.54, 1.807) is 0 Å². The van der Waals surface area contributed by atoms with Gasteiger partial charge in [-0.15, -0.1) is 0 Å². The van der Waals surface area contributed by atoms with Gasteiger partial charge in [-0.25, -0.2) is 0 Å². The summed E-state index contributed by atoms with van der Waals surface area (Å²) in [4.78, 5) is 25.6. The first-order chi connectivity index (χ1) is 9.99. The van der Waals surface area contributed by atoms with E-state index in [1.165, 1.54) is 0 Å². The second-order valence-electron chi connectivity index (χ2n) is 7.32. The van der Waals surface area contributed by atoms with Crippen molar-refractivity contribution in [2.45, 2.75) is 57.5 Å². The molecule has 0 spiro atoms. The molecule has 2 aliphatic carbocycles. The Hall–Kier alpha value is -1.10. The number of amides is 1. The van der Waals surface area contributed by atoms with Gasteiger partial charge in [-0.1, -0.05) is 12.8 Å². The third-order valence-corrected chi connectivity index (χ3v) is 5.89. The van der Waals surface area contributed by atoms with E-state index in [1.807, 2.05) is 4.90 Å². The highest BCUT2D eigenvalue weighted by molar-refractivity contribution is 5.78. The summed E-state index contributed by atoms with van der Waals surface area (Å²) in [5, 5.41) is 19.1. The topological polar surface area (TPSA) is 77.8 Å². The van der Waals surface area contributed by atoms with Gasteiger partial charge in [0.25, 0.3) is 0 Å². The predicted molar refractivity (Wildman–Crippen MR) is 76.6 cm³/mol. The number of aliphatic hydroxyl groups excluding tert-OH is 1. The number of rotatable bonds is 4. The molecule has 3 unspecified atom stereocenters. The molecule has 2 saturated carbocycles. The predicted octanol–water partition coefficient (Wildman–Crippen LogP) is 1.64.